The van der Waals surface area contributed by atoms with Gasteiger partial charge in [0.25, 0.3) is 0 Å². The molecule has 0 saturated carbocycles. The van der Waals surface area contributed by atoms with Crippen molar-refractivity contribution in [2.45, 2.75) is 51.9 Å². The Morgan fingerprint density at radius 3 is 2.77 bits per heavy atom. The van der Waals surface area contributed by atoms with E-state index in [1.807, 2.05) is 17.6 Å². The highest BCUT2D eigenvalue weighted by atomic mass is 16.6. The van der Waals surface area contributed by atoms with Gasteiger partial charge in [0, 0.05) is 25.2 Å². The van der Waals surface area contributed by atoms with Crippen LogP contribution in [0.4, 0.5) is 5.82 Å². The predicted octanol–water partition coefficient (Wildman–Crippen LogP) is 2.30. The molecule has 0 radical (unpaired) electrons. The normalized spacial score (nSPS) is 15.5. The van der Waals surface area contributed by atoms with Crippen LogP contribution in [0.5, 0.6) is 5.88 Å². The van der Waals surface area contributed by atoms with Crippen molar-refractivity contribution in [3.8, 4) is 29.2 Å². The molecule has 0 aliphatic carbocycles. The molecule has 1 aromatic carbocycles. The number of pyridine rings is 1. The van der Waals surface area contributed by atoms with Crippen molar-refractivity contribution in [2.75, 3.05) is 12.3 Å². The van der Waals surface area contributed by atoms with Crippen molar-refractivity contribution in [1.82, 2.24) is 30.2 Å². The van der Waals surface area contributed by atoms with Gasteiger partial charge < -0.3 is 25.5 Å². The van der Waals surface area contributed by atoms with Crippen molar-refractivity contribution in [2.24, 2.45) is 0 Å². The van der Waals surface area contributed by atoms with Crippen LogP contribution in [0.3, 0.4) is 0 Å². The lowest BCUT2D eigenvalue weighted by Crippen LogP contribution is -2.40. The Morgan fingerprint density at radius 2 is 2.06 bits per heavy atom. The fourth-order valence-electron chi connectivity index (χ4n) is 4.15. The van der Waals surface area contributed by atoms with E-state index in [0.29, 0.717) is 41.8 Å². The van der Waals surface area contributed by atoms with E-state index in [1.165, 1.54) is 11.1 Å². The molecule has 180 valence electrons. The van der Waals surface area contributed by atoms with Crippen LogP contribution >= 0.6 is 0 Å². The quantitative estimate of drug-likeness (QED) is 0.373. The van der Waals surface area contributed by atoms with Crippen molar-refractivity contribution in [3.05, 3.63) is 47.2 Å². The molecule has 10 heteroatoms. The molecule has 4 aromatic rings. The third-order valence-corrected chi connectivity index (χ3v) is 5.84. The van der Waals surface area contributed by atoms with Gasteiger partial charge in [-0.2, -0.15) is 0 Å². The molecule has 0 amide bonds. The maximum Gasteiger partial charge on any atom is 0.216 e. The maximum atomic E-state index is 10.2. The number of aliphatic hydroxyl groups is 1. The molecule has 0 unspecified atom stereocenters. The average molecular weight is 474 g/mol. The van der Waals surface area contributed by atoms with Crippen LogP contribution < -0.4 is 15.8 Å². The number of hydrogen-bond donors (Lipinski definition) is 3. The Kier molecular flexibility index (Phi) is 5.88. The molecule has 1 aliphatic heterocycles. The summed E-state index contributed by atoms with van der Waals surface area (Å²) in [4.78, 5) is 9.33. The number of nitrogens with one attached hydrogen (secondary N) is 1. The van der Waals surface area contributed by atoms with Gasteiger partial charge in [-0.1, -0.05) is 30.2 Å². The number of imidazole rings is 1. The van der Waals surface area contributed by atoms with E-state index >= 15 is 0 Å². The molecular weight excluding hydrogens is 446 g/mol. The smallest absolute Gasteiger partial charge is 0.216 e. The van der Waals surface area contributed by atoms with Crippen LogP contribution in [0, 0.1) is 11.8 Å². The number of fused-ring (bicyclic) bond motifs is 2. The molecule has 1 aliphatic rings. The molecule has 3 aromatic heterocycles. The molecule has 1 atom stereocenters. The van der Waals surface area contributed by atoms with Gasteiger partial charge in [-0.15, -0.1) is 0 Å². The lowest BCUT2D eigenvalue weighted by Gasteiger charge is -2.26. The number of nitrogen functional groups attached to an aromatic ring is 1. The van der Waals surface area contributed by atoms with Gasteiger partial charge in [-0.25, -0.2) is 14.6 Å². The first-order chi connectivity index (χ1) is 16.8. The average Bonchev–Trinajstić information content (AvgIpc) is 3.43. The number of aryl methyl sites for hydroxylation is 1. The summed E-state index contributed by atoms with van der Waals surface area (Å²) in [6.07, 6.45) is 0.874. The molecule has 0 saturated heterocycles. The highest BCUT2D eigenvalue weighted by Gasteiger charge is 2.23. The summed E-state index contributed by atoms with van der Waals surface area (Å²) in [7, 11) is 0. The monoisotopic (exact) mass is 473 g/mol. The minimum absolute atomic E-state index is 0.146. The molecule has 0 spiro atoms. The Bertz CT molecular complexity index is 1440. The van der Waals surface area contributed by atoms with Crippen LogP contribution in [-0.2, 0) is 19.5 Å². The second-order valence-electron chi connectivity index (χ2n) is 9.03. The maximum absolute atomic E-state index is 10.2. The fourth-order valence-corrected chi connectivity index (χ4v) is 4.15. The number of anilines is 1. The van der Waals surface area contributed by atoms with E-state index in [4.69, 9.17) is 20.1 Å². The number of ether oxygens (including phenoxy) is 1. The molecule has 0 bridgehead atoms. The number of rotatable bonds is 5. The Morgan fingerprint density at radius 1 is 1.26 bits per heavy atom. The highest BCUT2D eigenvalue weighted by Crippen LogP contribution is 2.30. The third kappa shape index (κ3) is 4.69. The first kappa shape index (κ1) is 22.8. The van der Waals surface area contributed by atoms with Crippen LogP contribution in [-0.4, -0.2) is 48.2 Å². The summed E-state index contributed by atoms with van der Waals surface area (Å²) in [5.74, 6) is 6.86. The van der Waals surface area contributed by atoms with Crippen molar-refractivity contribution >= 4 is 16.9 Å². The molecule has 5 rings (SSSR count). The summed E-state index contributed by atoms with van der Waals surface area (Å²) < 4.78 is 12.9. The molecule has 4 heterocycles. The number of benzene rings is 1. The van der Waals surface area contributed by atoms with E-state index in [9.17, 15) is 5.11 Å². The van der Waals surface area contributed by atoms with Crippen molar-refractivity contribution in [1.29, 1.82) is 0 Å². The lowest BCUT2D eigenvalue weighted by molar-refractivity contribution is 0.143. The van der Waals surface area contributed by atoms with Crippen LogP contribution in [0.2, 0.25) is 0 Å². The van der Waals surface area contributed by atoms with E-state index in [0.717, 1.165) is 18.5 Å². The van der Waals surface area contributed by atoms with E-state index in [1.54, 1.807) is 13.8 Å². The second kappa shape index (κ2) is 9.02. The summed E-state index contributed by atoms with van der Waals surface area (Å²) >= 11 is 0. The topological polar surface area (TPSA) is 137 Å². The Labute approximate surface area is 202 Å². The van der Waals surface area contributed by atoms with Crippen molar-refractivity contribution < 1.29 is 14.5 Å². The van der Waals surface area contributed by atoms with Gasteiger partial charge in [0.2, 0.25) is 5.88 Å². The predicted molar refractivity (Wildman–Crippen MR) is 130 cm³/mol. The van der Waals surface area contributed by atoms with Gasteiger partial charge in [-0.05, 0) is 54.6 Å². The number of nitrogens with zero attached hydrogens (tertiary/aromatic N) is 5. The summed E-state index contributed by atoms with van der Waals surface area (Å²) in [5, 5.41) is 21.3. The zero-order chi connectivity index (χ0) is 24.6. The van der Waals surface area contributed by atoms with Crippen LogP contribution in [0.15, 0.2) is 35.0 Å². The largest absolute Gasteiger partial charge is 0.476 e. The Hall–Kier alpha value is -3.94. The SMILES string of the molecule is CCn1c(-c2nonc2N)nc2c(C#CC(C)(C)O)nc(OC[C@H]3Cc4ccccc4CN3)cc21. The van der Waals surface area contributed by atoms with Gasteiger partial charge in [0.15, 0.2) is 17.3 Å². The standard InChI is InChI=1S/C25H27N7O3/c1-4-32-19-12-20(34-14-17-11-15-7-5-6-8-16(15)13-27-17)28-18(9-10-25(2,3)33)21(19)29-24(32)22-23(26)31-35-30-22/h5-8,12,17,27,33H,4,11,13-14H2,1-3H3,(H2,26,31)/t17-/m1/s1. The molecule has 35 heavy (non-hydrogen) atoms. The molecule has 4 N–H and O–H groups in total. The summed E-state index contributed by atoms with van der Waals surface area (Å²) in [6, 6.07) is 10.4. The molecule has 10 nitrogen and oxygen atoms in total. The second-order valence-corrected chi connectivity index (χ2v) is 9.03. The Balaban J connectivity index is 1.51. The fraction of sp³-hybridized carbons (Fsp3) is 0.360. The van der Waals surface area contributed by atoms with Gasteiger partial charge in [0.1, 0.15) is 23.4 Å². The zero-order valence-corrected chi connectivity index (χ0v) is 19.9. The van der Waals surface area contributed by atoms with Gasteiger partial charge in [0.05, 0.1) is 5.52 Å². The molecule has 0 fully saturated rings. The highest BCUT2D eigenvalue weighted by molar-refractivity contribution is 5.86. The minimum Gasteiger partial charge on any atom is -0.476 e. The minimum atomic E-state index is -1.19. The van der Waals surface area contributed by atoms with E-state index in [2.05, 4.69) is 56.7 Å². The first-order valence-corrected chi connectivity index (χ1v) is 11.5. The number of hydrogen-bond acceptors (Lipinski definition) is 9. The number of nitrogens with two attached hydrogens (primary N) is 1. The van der Waals surface area contributed by atoms with Gasteiger partial charge >= 0.3 is 0 Å². The lowest BCUT2D eigenvalue weighted by atomic mass is 9.96. The van der Waals surface area contributed by atoms with Crippen molar-refractivity contribution in [3.63, 3.8) is 0 Å². The first-order valence-electron chi connectivity index (χ1n) is 11.5. The summed E-state index contributed by atoms with van der Waals surface area (Å²) in [6.45, 7) is 7.04. The molecular formula is C25H27N7O3. The van der Waals surface area contributed by atoms with Crippen LogP contribution in [0.25, 0.3) is 22.6 Å². The third-order valence-electron chi connectivity index (χ3n) is 5.84. The van der Waals surface area contributed by atoms with Gasteiger partial charge in [-0.3, -0.25) is 0 Å². The number of aromatic nitrogens is 5. The summed E-state index contributed by atoms with van der Waals surface area (Å²) in [5.41, 5.74) is 9.44. The van der Waals surface area contributed by atoms with Crippen LogP contribution in [0.1, 0.15) is 37.6 Å². The van der Waals surface area contributed by atoms with E-state index in [-0.39, 0.29) is 11.9 Å². The van der Waals surface area contributed by atoms with E-state index < -0.39 is 5.60 Å². The zero-order valence-electron chi connectivity index (χ0n) is 19.9.